The van der Waals surface area contributed by atoms with Gasteiger partial charge in [-0.05, 0) is 26.3 Å². The zero-order valence-corrected chi connectivity index (χ0v) is 15.1. The number of aliphatic imine (C=N–C) groups is 1. The highest BCUT2D eigenvalue weighted by atomic mass is 19.4. The molecule has 0 aromatic carbocycles. The predicted octanol–water partition coefficient (Wildman–Crippen LogP) is 1.73. The summed E-state index contributed by atoms with van der Waals surface area (Å²) in [5.74, 6) is 0.755. The third-order valence-electron chi connectivity index (χ3n) is 4.32. The van der Waals surface area contributed by atoms with Crippen molar-refractivity contribution in [2.24, 2.45) is 4.99 Å². The maximum Gasteiger partial charge on any atom is 0.403 e. The van der Waals surface area contributed by atoms with Gasteiger partial charge in [-0.1, -0.05) is 0 Å². The third kappa shape index (κ3) is 5.62. The zero-order valence-electron chi connectivity index (χ0n) is 15.1. The minimum Gasteiger partial charge on any atom is -0.357 e. The standard InChI is InChI=1S/C16H27F3N6/c1-4-20-15(21-5-6-25-12-13(2)11-22-25)24-9-7-23(8-10-24)14(3)16(17,18)19/h11-12,14H,4-10H2,1-3H3,(H,20,21). The van der Waals surface area contributed by atoms with Crippen LogP contribution in [-0.4, -0.2) is 77.0 Å². The van der Waals surface area contributed by atoms with E-state index in [0.717, 1.165) is 18.1 Å². The van der Waals surface area contributed by atoms with Gasteiger partial charge in [-0.25, -0.2) is 0 Å². The van der Waals surface area contributed by atoms with Crippen molar-refractivity contribution >= 4 is 5.96 Å². The topological polar surface area (TPSA) is 48.7 Å². The molecule has 0 radical (unpaired) electrons. The second-order valence-electron chi connectivity index (χ2n) is 6.26. The number of aromatic nitrogens is 2. The lowest BCUT2D eigenvalue weighted by Crippen LogP contribution is -2.56. The van der Waals surface area contributed by atoms with Gasteiger partial charge < -0.3 is 10.2 Å². The summed E-state index contributed by atoms with van der Waals surface area (Å²) in [7, 11) is 0. The second-order valence-corrected chi connectivity index (χ2v) is 6.26. The fraction of sp³-hybridized carbons (Fsp3) is 0.750. The summed E-state index contributed by atoms with van der Waals surface area (Å²) in [6.07, 6.45) is -0.418. The number of nitrogens with one attached hydrogen (secondary N) is 1. The fourth-order valence-corrected chi connectivity index (χ4v) is 2.80. The molecule has 0 amide bonds. The molecule has 1 unspecified atom stereocenters. The van der Waals surface area contributed by atoms with Gasteiger partial charge in [0, 0.05) is 38.9 Å². The summed E-state index contributed by atoms with van der Waals surface area (Å²) in [5, 5.41) is 7.45. The van der Waals surface area contributed by atoms with Crippen molar-refractivity contribution in [1.82, 2.24) is 24.9 Å². The van der Waals surface area contributed by atoms with Crippen LogP contribution >= 0.6 is 0 Å². The normalized spacial score (nSPS) is 18.5. The lowest BCUT2D eigenvalue weighted by molar-refractivity contribution is -0.181. The number of aryl methyl sites for hydroxylation is 1. The van der Waals surface area contributed by atoms with Crippen LogP contribution in [0.5, 0.6) is 0 Å². The average molecular weight is 360 g/mol. The molecule has 2 rings (SSSR count). The third-order valence-corrected chi connectivity index (χ3v) is 4.32. The number of hydrogen-bond acceptors (Lipinski definition) is 3. The van der Waals surface area contributed by atoms with Crippen LogP contribution in [0.3, 0.4) is 0 Å². The molecule has 1 N–H and O–H groups in total. The maximum atomic E-state index is 12.8. The molecule has 1 aromatic rings. The molecule has 25 heavy (non-hydrogen) atoms. The van der Waals surface area contributed by atoms with Gasteiger partial charge in [0.05, 0.1) is 19.3 Å². The molecule has 1 atom stereocenters. The van der Waals surface area contributed by atoms with E-state index in [2.05, 4.69) is 15.4 Å². The van der Waals surface area contributed by atoms with Gasteiger partial charge in [-0.2, -0.15) is 18.3 Å². The number of alkyl halides is 3. The maximum absolute atomic E-state index is 12.8. The van der Waals surface area contributed by atoms with Gasteiger partial charge in [0.1, 0.15) is 6.04 Å². The van der Waals surface area contributed by atoms with Gasteiger partial charge >= 0.3 is 6.18 Å². The Kier molecular flexibility index (Phi) is 6.69. The van der Waals surface area contributed by atoms with E-state index in [0.29, 0.717) is 39.3 Å². The van der Waals surface area contributed by atoms with Crippen molar-refractivity contribution in [3.05, 3.63) is 18.0 Å². The predicted molar refractivity (Wildman–Crippen MR) is 91.6 cm³/mol. The molecule has 2 heterocycles. The van der Waals surface area contributed by atoms with Crippen LogP contribution < -0.4 is 5.32 Å². The molecule has 1 fully saturated rings. The van der Waals surface area contributed by atoms with Crippen molar-refractivity contribution in [1.29, 1.82) is 0 Å². The number of nitrogens with zero attached hydrogens (tertiary/aromatic N) is 5. The molecule has 9 heteroatoms. The fourth-order valence-electron chi connectivity index (χ4n) is 2.80. The Morgan fingerprint density at radius 1 is 1.32 bits per heavy atom. The molecule has 0 aliphatic carbocycles. The van der Waals surface area contributed by atoms with Gasteiger partial charge in [-0.3, -0.25) is 14.6 Å². The Balaban J connectivity index is 1.89. The summed E-state index contributed by atoms with van der Waals surface area (Å²) >= 11 is 0. The van der Waals surface area contributed by atoms with Gasteiger partial charge in [0.15, 0.2) is 5.96 Å². The van der Waals surface area contributed by atoms with E-state index in [1.165, 1.54) is 11.8 Å². The first-order valence-corrected chi connectivity index (χ1v) is 8.64. The molecule has 142 valence electrons. The first kappa shape index (κ1) is 19.6. The first-order valence-electron chi connectivity index (χ1n) is 8.64. The van der Waals surface area contributed by atoms with Crippen LogP contribution in [0.15, 0.2) is 17.4 Å². The number of halogens is 3. The quantitative estimate of drug-likeness (QED) is 0.642. The van der Waals surface area contributed by atoms with Crippen LogP contribution in [0, 0.1) is 6.92 Å². The van der Waals surface area contributed by atoms with Gasteiger partial charge in [-0.15, -0.1) is 0 Å². The highest BCUT2D eigenvalue weighted by Crippen LogP contribution is 2.25. The molecule has 1 aromatic heterocycles. The van der Waals surface area contributed by atoms with Crippen LogP contribution in [-0.2, 0) is 6.54 Å². The van der Waals surface area contributed by atoms with Crippen LogP contribution in [0.4, 0.5) is 13.2 Å². The Morgan fingerprint density at radius 2 is 2.00 bits per heavy atom. The highest BCUT2D eigenvalue weighted by molar-refractivity contribution is 5.80. The highest BCUT2D eigenvalue weighted by Gasteiger charge is 2.41. The van der Waals surface area contributed by atoms with Gasteiger partial charge in [0.2, 0.25) is 0 Å². The van der Waals surface area contributed by atoms with E-state index in [-0.39, 0.29) is 0 Å². The van der Waals surface area contributed by atoms with E-state index in [4.69, 9.17) is 0 Å². The van der Waals surface area contributed by atoms with E-state index in [1.807, 2.05) is 29.6 Å². The van der Waals surface area contributed by atoms with Crippen molar-refractivity contribution in [2.75, 3.05) is 39.3 Å². The Labute approximate surface area is 146 Å². The summed E-state index contributed by atoms with van der Waals surface area (Å²) in [6.45, 7) is 8.98. The Bertz CT molecular complexity index is 560. The summed E-state index contributed by atoms with van der Waals surface area (Å²) in [5.41, 5.74) is 1.10. The Morgan fingerprint density at radius 3 is 2.52 bits per heavy atom. The summed E-state index contributed by atoms with van der Waals surface area (Å²) < 4.78 is 40.4. The number of guanidine groups is 1. The van der Waals surface area contributed by atoms with E-state index >= 15 is 0 Å². The number of rotatable bonds is 5. The zero-order chi connectivity index (χ0) is 18.4. The molecule has 6 nitrogen and oxygen atoms in total. The number of hydrogen-bond donors (Lipinski definition) is 1. The van der Waals surface area contributed by atoms with Crippen LogP contribution in [0.2, 0.25) is 0 Å². The summed E-state index contributed by atoms with van der Waals surface area (Å²) in [4.78, 5) is 8.09. The minimum absolute atomic E-state index is 0.378. The van der Waals surface area contributed by atoms with E-state index in [9.17, 15) is 13.2 Å². The molecule has 0 bridgehead atoms. The molecule has 1 aliphatic heterocycles. The van der Waals surface area contributed by atoms with Crippen molar-refractivity contribution in [2.45, 2.75) is 39.5 Å². The lowest BCUT2D eigenvalue weighted by Gasteiger charge is -2.39. The second kappa shape index (κ2) is 8.55. The van der Waals surface area contributed by atoms with Crippen LogP contribution in [0.25, 0.3) is 0 Å². The van der Waals surface area contributed by atoms with Gasteiger partial charge in [0.25, 0.3) is 0 Å². The molecular formula is C16H27F3N6. The van der Waals surface area contributed by atoms with Crippen molar-refractivity contribution in [3.63, 3.8) is 0 Å². The monoisotopic (exact) mass is 360 g/mol. The SMILES string of the molecule is CCNC(=NCCn1cc(C)cn1)N1CCN(C(C)C(F)(F)F)CC1. The van der Waals surface area contributed by atoms with E-state index in [1.54, 1.807) is 6.20 Å². The smallest absolute Gasteiger partial charge is 0.357 e. The molecule has 0 spiro atoms. The van der Waals surface area contributed by atoms with E-state index < -0.39 is 12.2 Å². The number of piperazine rings is 1. The van der Waals surface area contributed by atoms with Crippen LogP contribution in [0.1, 0.15) is 19.4 Å². The Hall–Kier alpha value is -1.77. The minimum atomic E-state index is -4.18. The first-order chi connectivity index (χ1) is 11.8. The van der Waals surface area contributed by atoms with Crippen molar-refractivity contribution in [3.8, 4) is 0 Å². The molecule has 1 aliphatic rings. The largest absolute Gasteiger partial charge is 0.403 e. The van der Waals surface area contributed by atoms with Crippen molar-refractivity contribution < 1.29 is 13.2 Å². The average Bonchev–Trinajstić information content (AvgIpc) is 2.98. The molecule has 1 saturated heterocycles. The lowest BCUT2D eigenvalue weighted by atomic mass is 10.2. The molecule has 0 saturated carbocycles. The molecular weight excluding hydrogens is 333 g/mol. The summed E-state index contributed by atoms with van der Waals surface area (Å²) in [6, 6.07) is -1.41.